The number of hydrogen-bond acceptors (Lipinski definition) is 3. The minimum atomic E-state index is -0.0534. The summed E-state index contributed by atoms with van der Waals surface area (Å²) in [6, 6.07) is 0. The van der Waals surface area contributed by atoms with Gasteiger partial charge in [0.25, 0.3) is 0 Å². The van der Waals surface area contributed by atoms with Gasteiger partial charge in [-0.3, -0.25) is 4.90 Å². The fourth-order valence-corrected chi connectivity index (χ4v) is 2.08. The molecule has 0 spiro atoms. The summed E-state index contributed by atoms with van der Waals surface area (Å²) in [5, 5.41) is 0. The van der Waals surface area contributed by atoms with Crippen LogP contribution in [0.5, 0.6) is 0 Å². The molecular formula is C12H20N4S. The molecule has 17 heavy (non-hydrogen) atoms. The number of rotatable bonds is 4. The van der Waals surface area contributed by atoms with Crippen molar-refractivity contribution in [3.05, 3.63) is 18.2 Å². The summed E-state index contributed by atoms with van der Waals surface area (Å²) in [4.78, 5) is 7.38. The van der Waals surface area contributed by atoms with Crippen LogP contribution < -0.4 is 5.73 Å². The first kappa shape index (κ1) is 12.5. The van der Waals surface area contributed by atoms with E-state index in [1.807, 2.05) is 12.4 Å². The van der Waals surface area contributed by atoms with E-state index in [4.69, 9.17) is 18.0 Å². The number of thiocarbonyl (C=S) groups is 1. The van der Waals surface area contributed by atoms with Crippen LogP contribution in [0, 0.1) is 5.41 Å². The molecule has 0 amide bonds. The van der Waals surface area contributed by atoms with Gasteiger partial charge in [-0.25, -0.2) is 4.98 Å². The molecule has 2 rings (SSSR count). The van der Waals surface area contributed by atoms with E-state index in [0.29, 0.717) is 4.99 Å². The molecule has 5 heteroatoms. The Hall–Kier alpha value is -0.940. The number of nitrogens with zero attached hydrogens (tertiary/aromatic N) is 3. The van der Waals surface area contributed by atoms with Crippen LogP contribution in [0.4, 0.5) is 0 Å². The van der Waals surface area contributed by atoms with Crippen LogP contribution in [-0.4, -0.2) is 32.5 Å². The van der Waals surface area contributed by atoms with Gasteiger partial charge in [0.05, 0.1) is 11.5 Å². The van der Waals surface area contributed by atoms with Crippen molar-refractivity contribution in [2.75, 3.05) is 13.1 Å². The fraction of sp³-hybridized carbons (Fsp3) is 0.667. The molecule has 0 saturated carbocycles. The minimum Gasteiger partial charge on any atom is -0.393 e. The first-order valence-corrected chi connectivity index (χ1v) is 6.42. The second-order valence-corrected chi connectivity index (χ2v) is 5.75. The standard InChI is InChI=1S/C12H20N4S/c1-12(2,11(13)17)3-5-15-7-8-16-6-4-14-10(16)9-15/h4,6H,3,5,7-9H2,1-2H3,(H2,13,17). The molecule has 4 nitrogen and oxygen atoms in total. The topological polar surface area (TPSA) is 47.1 Å². The molecule has 2 N–H and O–H groups in total. The van der Waals surface area contributed by atoms with E-state index in [1.165, 1.54) is 0 Å². The van der Waals surface area contributed by atoms with Crippen molar-refractivity contribution < 1.29 is 0 Å². The van der Waals surface area contributed by atoms with Crippen LogP contribution in [-0.2, 0) is 13.1 Å². The molecule has 0 radical (unpaired) electrons. The van der Waals surface area contributed by atoms with Crippen LogP contribution in [0.25, 0.3) is 0 Å². The van der Waals surface area contributed by atoms with Crippen LogP contribution in [0.3, 0.4) is 0 Å². The third-order valence-corrected chi connectivity index (χ3v) is 4.10. The Kier molecular flexibility index (Phi) is 3.49. The van der Waals surface area contributed by atoms with Gasteiger partial charge in [-0.05, 0) is 13.0 Å². The lowest BCUT2D eigenvalue weighted by molar-refractivity contribution is 0.198. The van der Waals surface area contributed by atoms with Crippen LogP contribution in [0.2, 0.25) is 0 Å². The predicted octanol–water partition coefficient (Wildman–Crippen LogP) is 1.40. The molecule has 0 atom stereocenters. The molecule has 0 bridgehead atoms. The van der Waals surface area contributed by atoms with Gasteiger partial charge in [0.1, 0.15) is 5.82 Å². The van der Waals surface area contributed by atoms with Crippen molar-refractivity contribution in [2.45, 2.75) is 33.4 Å². The third-order valence-electron chi connectivity index (χ3n) is 3.54. The normalized spacial score (nSPS) is 16.8. The highest BCUT2D eigenvalue weighted by Crippen LogP contribution is 2.22. The van der Waals surface area contributed by atoms with Crippen molar-refractivity contribution >= 4 is 17.2 Å². The smallest absolute Gasteiger partial charge is 0.122 e. The van der Waals surface area contributed by atoms with Gasteiger partial charge in [-0.15, -0.1) is 0 Å². The average Bonchev–Trinajstić information content (AvgIpc) is 2.73. The molecule has 1 aromatic heterocycles. The highest BCUT2D eigenvalue weighted by molar-refractivity contribution is 7.80. The highest BCUT2D eigenvalue weighted by Gasteiger charge is 2.24. The lowest BCUT2D eigenvalue weighted by Gasteiger charge is -2.31. The molecule has 0 fully saturated rings. The summed E-state index contributed by atoms with van der Waals surface area (Å²) >= 11 is 5.09. The molecule has 1 aromatic rings. The van der Waals surface area contributed by atoms with Crippen LogP contribution in [0.1, 0.15) is 26.1 Å². The maximum absolute atomic E-state index is 5.74. The largest absolute Gasteiger partial charge is 0.393 e. The van der Waals surface area contributed by atoms with Crippen molar-refractivity contribution in [1.29, 1.82) is 0 Å². The van der Waals surface area contributed by atoms with Gasteiger partial charge in [0, 0.05) is 30.9 Å². The number of imidazole rings is 1. The Morgan fingerprint density at radius 3 is 3.00 bits per heavy atom. The first-order chi connectivity index (χ1) is 7.99. The van der Waals surface area contributed by atoms with Crippen LogP contribution >= 0.6 is 12.2 Å². The number of nitrogens with two attached hydrogens (primary N) is 1. The average molecular weight is 252 g/mol. The third kappa shape index (κ3) is 2.84. The zero-order valence-electron chi connectivity index (χ0n) is 10.5. The van der Waals surface area contributed by atoms with E-state index < -0.39 is 0 Å². The van der Waals surface area contributed by atoms with Crippen molar-refractivity contribution in [1.82, 2.24) is 14.5 Å². The molecule has 0 aromatic carbocycles. The molecule has 1 aliphatic rings. The summed E-state index contributed by atoms with van der Waals surface area (Å²) in [5.74, 6) is 1.16. The van der Waals surface area contributed by atoms with E-state index in [-0.39, 0.29) is 5.41 Å². The Morgan fingerprint density at radius 2 is 2.29 bits per heavy atom. The van der Waals surface area contributed by atoms with E-state index in [1.54, 1.807) is 0 Å². The second kappa shape index (κ2) is 4.74. The summed E-state index contributed by atoms with van der Waals surface area (Å²) < 4.78 is 2.22. The Balaban J connectivity index is 1.88. The minimum absolute atomic E-state index is 0.0534. The molecule has 0 unspecified atom stereocenters. The SMILES string of the molecule is CC(C)(CCN1CCn2ccnc2C1)C(N)=S. The molecule has 94 valence electrons. The predicted molar refractivity (Wildman–Crippen MR) is 72.7 cm³/mol. The molecule has 1 aliphatic heterocycles. The van der Waals surface area contributed by atoms with Gasteiger partial charge >= 0.3 is 0 Å². The lowest BCUT2D eigenvalue weighted by atomic mass is 9.89. The fourth-order valence-electron chi connectivity index (χ4n) is 1.98. The zero-order valence-corrected chi connectivity index (χ0v) is 11.3. The van der Waals surface area contributed by atoms with Gasteiger partial charge in [0.15, 0.2) is 0 Å². The summed E-state index contributed by atoms with van der Waals surface area (Å²) in [6.07, 6.45) is 4.92. The molecule has 2 heterocycles. The number of aromatic nitrogens is 2. The molecule has 0 saturated heterocycles. The maximum Gasteiger partial charge on any atom is 0.122 e. The summed E-state index contributed by atoms with van der Waals surface area (Å²) in [7, 11) is 0. The summed E-state index contributed by atoms with van der Waals surface area (Å²) in [6.45, 7) is 8.29. The van der Waals surface area contributed by atoms with Gasteiger partial charge in [0.2, 0.25) is 0 Å². The van der Waals surface area contributed by atoms with Gasteiger partial charge < -0.3 is 10.3 Å². The van der Waals surface area contributed by atoms with Crippen molar-refractivity contribution in [2.24, 2.45) is 11.1 Å². The van der Waals surface area contributed by atoms with E-state index >= 15 is 0 Å². The quantitative estimate of drug-likeness (QED) is 0.823. The molecule has 0 aliphatic carbocycles. The zero-order chi connectivity index (χ0) is 12.5. The number of hydrogen-bond donors (Lipinski definition) is 1. The van der Waals surface area contributed by atoms with Crippen LogP contribution in [0.15, 0.2) is 12.4 Å². The van der Waals surface area contributed by atoms with E-state index in [2.05, 4.69) is 28.3 Å². The Morgan fingerprint density at radius 1 is 1.53 bits per heavy atom. The van der Waals surface area contributed by atoms with E-state index in [9.17, 15) is 0 Å². The highest BCUT2D eigenvalue weighted by atomic mass is 32.1. The van der Waals surface area contributed by atoms with Crippen molar-refractivity contribution in [3.63, 3.8) is 0 Å². The lowest BCUT2D eigenvalue weighted by Crippen LogP contribution is -2.38. The monoisotopic (exact) mass is 252 g/mol. The van der Waals surface area contributed by atoms with Gasteiger partial charge in [-0.1, -0.05) is 26.1 Å². The van der Waals surface area contributed by atoms with E-state index in [0.717, 1.165) is 38.4 Å². The first-order valence-electron chi connectivity index (χ1n) is 6.01. The summed E-state index contributed by atoms with van der Waals surface area (Å²) in [5.41, 5.74) is 5.69. The van der Waals surface area contributed by atoms with Crippen molar-refractivity contribution in [3.8, 4) is 0 Å². The second-order valence-electron chi connectivity index (χ2n) is 5.31. The molecular weight excluding hydrogens is 232 g/mol. The number of fused-ring (bicyclic) bond motifs is 1. The Labute approximate surface area is 108 Å². The Bertz CT molecular complexity index is 410. The van der Waals surface area contributed by atoms with Gasteiger partial charge in [-0.2, -0.15) is 0 Å². The maximum atomic E-state index is 5.74.